The summed E-state index contributed by atoms with van der Waals surface area (Å²) >= 11 is 0. The van der Waals surface area contributed by atoms with Crippen molar-refractivity contribution >= 4 is 5.78 Å². The van der Waals surface area contributed by atoms with E-state index in [1.54, 1.807) is 6.07 Å². The fourth-order valence-corrected chi connectivity index (χ4v) is 2.17. The van der Waals surface area contributed by atoms with Gasteiger partial charge in [0.25, 0.3) is 0 Å². The van der Waals surface area contributed by atoms with Gasteiger partial charge in [-0.15, -0.1) is 0 Å². The molecule has 1 aliphatic rings. The Balaban J connectivity index is 2.24. The molecule has 5 heteroatoms. The summed E-state index contributed by atoms with van der Waals surface area (Å²) in [7, 11) is 0. The third-order valence-electron chi connectivity index (χ3n) is 3.18. The summed E-state index contributed by atoms with van der Waals surface area (Å²) in [5.74, 6) is -3.31. The number of Topliss-reactive ketones (excluding diaryl/α,β-unsaturated/α-hetero) is 1. The van der Waals surface area contributed by atoms with Crippen molar-refractivity contribution in [3.05, 3.63) is 35.4 Å². The Morgan fingerprint density at radius 1 is 1.42 bits per heavy atom. The van der Waals surface area contributed by atoms with Crippen molar-refractivity contribution in [2.24, 2.45) is 0 Å². The number of carbonyl (C=O) groups is 1. The van der Waals surface area contributed by atoms with Crippen molar-refractivity contribution in [3.63, 3.8) is 0 Å². The Bertz CT molecular complexity index is 519. The topological polar surface area (TPSA) is 50.1 Å². The molecule has 0 spiro atoms. The van der Waals surface area contributed by atoms with E-state index in [4.69, 9.17) is 10.00 Å². The van der Waals surface area contributed by atoms with E-state index in [2.05, 4.69) is 0 Å². The maximum absolute atomic E-state index is 13.6. The van der Waals surface area contributed by atoms with E-state index in [1.165, 1.54) is 0 Å². The fourth-order valence-electron chi connectivity index (χ4n) is 2.17. The lowest BCUT2D eigenvalue weighted by Gasteiger charge is -2.23. The Kier molecular flexibility index (Phi) is 4.23. The van der Waals surface area contributed by atoms with Crippen molar-refractivity contribution in [1.29, 1.82) is 5.26 Å². The van der Waals surface area contributed by atoms with Crippen LogP contribution in [0.4, 0.5) is 8.78 Å². The van der Waals surface area contributed by atoms with E-state index in [9.17, 15) is 13.6 Å². The van der Waals surface area contributed by atoms with Crippen LogP contribution in [0, 0.1) is 23.0 Å². The predicted octanol–water partition coefficient (Wildman–Crippen LogP) is 2.71. The molecule has 0 aliphatic carbocycles. The van der Waals surface area contributed by atoms with Crippen molar-refractivity contribution < 1.29 is 18.3 Å². The van der Waals surface area contributed by atoms with Crippen LogP contribution in [0.15, 0.2) is 18.2 Å². The zero-order chi connectivity index (χ0) is 13.8. The van der Waals surface area contributed by atoms with Gasteiger partial charge in [0.15, 0.2) is 5.78 Å². The molecule has 1 aromatic carbocycles. The molecule has 1 heterocycles. The van der Waals surface area contributed by atoms with Crippen LogP contribution in [-0.4, -0.2) is 18.5 Å². The molecule has 0 amide bonds. The van der Waals surface area contributed by atoms with Crippen LogP contribution < -0.4 is 0 Å². The third-order valence-corrected chi connectivity index (χ3v) is 3.18. The van der Waals surface area contributed by atoms with Crippen LogP contribution in [0.5, 0.6) is 0 Å². The number of nitrogens with zero attached hydrogens (tertiary/aromatic N) is 1. The van der Waals surface area contributed by atoms with E-state index in [0.717, 1.165) is 25.0 Å². The second-order valence-corrected chi connectivity index (χ2v) is 4.49. The molecular formula is C14H13F2NO2. The van der Waals surface area contributed by atoms with Gasteiger partial charge in [0.1, 0.15) is 23.7 Å². The summed E-state index contributed by atoms with van der Waals surface area (Å²) in [4.78, 5) is 12.2. The van der Waals surface area contributed by atoms with Crippen molar-refractivity contribution in [3.8, 4) is 6.07 Å². The van der Waals surface area contributed by atoms with Gasteiger partial charge in [-0.3, -0.25) is 4.79 Å². The highest BCUT2D eigenvalue weighted by Gasteiger charge is 2.31. The van der Waals surface area contributed by atoms with Gasteiger partial charge >= 0.3 is 0 Å². The molecule has 0 saturated carbocycles. The number of carbonyl (C=O) groups excluding carboxylic acids is 1. The van der Waals surface area contributed by atoms with Crippen LogP contribution in [0.25, 0.3) is 0 Å². The molecular weight excluding hydrogens is 252 g/mol. The average molecular weight is 265 g/mol. The first-order valence-electron chi connectivity index (χ1n) is 6.13. The fraction of sp³-hybridized carbons (Fsp3) is 0.429. The minimum Gasteiger partial charge on any atom is -0.370 e. The van der Waals surface area contributed by atoms with Gasteiger partial charge in [-0.2, -0.15) is 5.26 Å². The largest absolute Gasteiger partial charge is 0.370 e. The lowest BCUT2D eigenvalue weighted by molar-refractivity contribution is -0.133. The van der Waals surface area contributed by atoms with Crippen LogP contribution in [0.2, 0.25) is 0 Å². The van der Waals surface area contributed by atoms with E-state index in [-0.39, 0.29) is 5.56 Å². The molecule has 1 fully saturated rings. The average Bonchev–Trinajstić information content (AvgIpc) is 2.42. The molecule has 2 unspecified atom stereocenters. The van der Waals surface area contributed by atoms with Gasteiger partial charge in [-0.1, -0.05) is 6.07 Å². The highest BCUT2D eigenvalue weighted by molar-refractivity contribution is 5.92. The van der Waals surface area contributed by atoms with E-state index in [1.807, 2.05) is 0 Å². The van der Waals surface area contributed by atoms with E-state index < -0.39 is 29.4 Å². The first kappa shape index (κ1) is 13.6. The molecule has 2 rings (SSSR count). The Morgan fingerprint density at radius 2 is 2.21 bits per heavy atom. The summed E-state index contributed by atoms with van der Waals surface area (Å²) in [5.41, 5.74) is -0.0944. The minimum absolute atomic E-state index is 0.0944. The van der Waals surface area contributed by atoms with Gasteiger partial charge in [0.2, 0.25) is 0 Å². The maximum atomic E-state index is 13.6. The minimum atomic E-state index is -1.25. The molecule has 0 N–H and O–H groups in total. The van der Waals surface area contributed by atoms with Crippen LogP contribution in [-0.2, 0) is 9.53 Å². The third kappa shape index (κ3) is 2.96. The first-order valence-corrected chi connectivity index (χ1v) is 6.13. The standard InChI is InChI=1S/C14H13F2NO2/c15-9-4-5-10(12(16)7-9)11(8-17)14(18)13-3-1-2-6-19-13/h4-5,7,11,13H,1-3,6H2. The quantitative estimate of drug-likeness (QED) is 0.844. The van der Waals surface area contributed by atoms with Crippen molar-refractivity contribution in [2.75, 3.05) is 6.61 Å². The number of nitriles is 1. The summed E-state index contributed by atoms with van der Waals surface area (Å²) in [6.07, 6.45) is 1.61. The molecule has 0 aromatic heterocycles. The molecule has 0 bridgehead atoms. The van der Waals surface area contributed by atoms with Gasteiger partial charge in [0, 0.05) is 18.2 Å². The molecule has 1 saturated heterocycles. The first-order chi connectivity index (χ1) is 9.13. The van der Waals surface area contributed by atoms with Gasteiger partial charge in [-0.05, 0) is 25.3 Å². The van der Waals surface area contributed by atoms with Gasteiger partial charge in [-0.25, -0.2) is 8.78 Å². The normalized spacial score (nSPS) is 20.6. The van der Waals surface area contributed by atoms with E-state index in [0.29, 0.717) is 19.1 Å². The second-order valence-electron chi connectivity index (χ2n) is 4.49. The lowest BCUT2D eigenvalue weighted by Crippen LogP contribution is -2.32. The molecule has 1 aromatic rings. The highest BCUT2D eigenvalue weighted by Crippen LogP contribution is 2.25. The number of halogens is 2. The molecule has 1 aliphatic heterocycles. The number of ketones is 1. The van der Waals surface area contributed by atoms with Crippen LogP contribution in [0.1, 0.15) is 30.7 Å². The summed E-state index contributed by atoms with van der Waals surface area (Å²) in [5, 5.41) is 9.09. The Hall–Kier alpha value is -1.80. The van der Waals surface area contributed by atoms with Crippen LogP contribution >= 0.6 is 0 Å². The maximum Gasteiger partial charge on any atom is 0.183 e. The second kappa shape index (κ2) is 5.89. The molecule has 0 radical (unpaired) electrons. The summed E-state index contributed by atoms with van der Waals surface area (Å²) < 4.78 is 31.8. The molecule has 2 atom stereocenters. The Morgan fingerprint density at radius 3 is 2.79 bits per heavy atom. The number of hydrogen-bond acceptors (Lipinski definition) is 3. The van der Waals surface area contributed by atoms with Gasteiger partial charge in [0.05, 0.1) is 6.07 Å². The monoisotopic (exact) mass is 265 g/mol. The van der Waals surface area contributed by atoms with E-state index >= 15 is 0 Å². The Labute approximate surface area is 109 Å². The summed E-state index contributed by atoms with van der Waals surface area (Å²) in [6, 6.07) is 4.64. The zero-order valence-corrected chi connectivity index (χ0v) is 10.2. The SMILES string of the molecule is N#CC(C(=O)C1CCCCO1)c1ccc(F)cc1F. The number of ether oxygens (including phenoxy) is 1. The number of benzene rings is 1. The lowest BCUT2D eigenvalue weighted by atomic mass is 9.90. The highest BCUT2D eigenvalue weighted by atomic mass is 19.1. The van der Waals surface area contributed by atoms with Crippen molar-refractivity contribution in [1.82, 2.24) is 0 Å². The zero-order valence-electron chi connectivity index (χ0n) is 10.2. The van der Waals surface area contributed by atoms with Crippen LogP contribution in [0.3, 0.4) is 0 Å². The molecule has 100 valence electrons. The molecule has 3 nitrogen and oxygen atoms in total. The summed E-state index contributed by atoms with van der Waals surface area (Å²) in [6.45, 7) is 0.473. The molecule has 19 heavy (non-hydrogen) atoms. The number of hydrogen-bond donors (Lipinski definition) is 0. The van der Waals surface area contributed by atoms with Gasteiger partial charge < -0.3 is 4.74 Å². The van der Waals surface area contributed by atoms with Crippen molar-refractivity contribution in [2.45, 2.75) is 31.3 Å². The smallest absolute Gasteiger partial charge is 0.183 e. The predicted molar refractivity (Wildman–Crippen MR) is 63.3 cm³/mol. The number of rotatable bonds is 3.